The molecule has 1 saturated carbocycles. The first-order valence-electron chi connectivity index (χ1n) is 6.33. The van der Waals surface area contributed by atoms with Gasteiger partial charge < -0.3 is 10.4 Å². The molecule has 2 atom stereocenters. The average molecular weight is 265 g/mol. The Labute approximate surface area is 111 Å². The van der Waals surface area contributed by atoms with E-state index in [1.165, 1.54) is 0 Å². The third-order valence-corrected chi connectivity index (χ3v) is 3.98. The predicted molar refractivity (Wildman–Crippen MR) is 68.3 cm³/mol. The van der Waals surface area contributed by atoms with Gasteiger partial charge in [0.05, 0.1) is 11.8 Å². The van der Waals surface area contributed by atoms with Gasteiger partial charge in [-0.25, -0.2) is 0 Å². The summed E-state index contributed by atoms with van der Waals surface area (Å²) < 4.78 is 1.76. The second kappa shape index (κ2) is 4.68. The molecule has 2 N–H and O–H groups in total. The van der Waals surface area contributed by atoms with Gasteiger partial charge in [0, 0.05) is 31.9 Å². The zero-order valence-corrected chi connectivity index (χ0v) is 11.4. The van der Waals surface area contributed by atoms with E-state index >= 15 is 0 Å². The summed E-state index contributed by atoms with van der Waals surface area (Å²) in [6.07, 6.45) is 2.40. The molecule has 0 unspecified atom stereocenters. The smallest absolute Gasteiger partial charge is 0.307 e. The van der Waals surface area contributed by atoms with Gasteiger partial charge in [-0.2, -0.15) is 5.10 Å². The van der Waals surface area contributed by atoms with Crippen molar-refractivity contribution in [2.45, 2.75) is 20.3 Å². The van der Waals surface area contributed by atoms with Gasteiger partial charge in [-0.15, -0.1) is 0 Å². The highest BCUT2D eigenvalue weighted by molar-refractivity contribution is 5.91. The number of hydrogen-bond acceptors (Lipinski definition) is 3. The van der Waals surface area contributed by atoms with Crippen molar-refractivity contribution in [1.29, 1.82) is 0 Å². The maximum Gasteiger partial charge on any atom is 0.307 e. The molecule has 0 radical (unpaired) electrons. The Hall–Kier alpha value is -1.85. The molecule has 0 aliphatic heterocycles. The van der Waals surface area contributed by atoms with Gasteiger partial charge in [-0.05, 0) is 11.5 Å². The molecule has 1 aliphatic rings. The third-order valence-electron chi connectivity index (χ3n) is 3.98. The second-order valence-electron chi connectivity index (χ2n) is 5.60. The van der Waals surface area contributed by atoms with E-state index in [1.807, 2.05) is 27.0 Å². The summed E-state index contributed by atoms with van der Waals surface area (Å²) in [6, 6.07) is 1.90. The van der Waals surface area contributed by atoms with E-state index in [0.29, 0.717) is 13.0 Å². The van der Waals surface area contributed by atoms with E-state index in [2.05, 4.69) is 10.4 Å². The molecular weight excluding hydrogens is 246 g/mol. The maximum atomic E-state index is 12.0. The SMILES string of the molecule is Cn1nccc1CCNC(=O)[C@H]1[C@@H](C(=O)O)C1(C)C. The number of nitrogens with one attached hydrogen (secondary N) is 1. The first-order valence-corrected chi connectivity index (χ1v) is 6.33. The minimum absolute atomic E-state index is 0.167. The van der Waals surface area contributed by atoms with Crippen LogP contribution in [0.1, 0.15) is 19.5 Å². The average Bonchev–Trinajstić information content (AvgIpc) is 2.66. The molecule has 104 valence electrons. The van der Waals surface area contributed by atoms with E-state index in [-0.39, 0.29) is 5.91 Å². The molecule has 0 spiro atoms. The molecule has 1 heterocycles. The number of hydrogen-bond donors (Lipinski definition) is 2. The Balaban J connectivity index is 1.83. The Morgan fingerprint density at radius 3 is 2.63 bits per heavy atom. The summed E-state index contributed by atoms with van der Waals surface area (Å²) in [5, 5.41) is 15.9. The first-order chi connectivity index (χ1) is 8.85. The fraction of sp³-hybridized carbons (Fsp3) is 0.615. The number of amides is 1. The number of aromatic nitrogens is 2. The number of carboxylic acids is 1. The van der Waals surface area contributed by atoms with Crippen molar-refractivity contribution in [3.63, 3.8) is 0 Å². The number of rotatable bonds is 5. The first kappa shape index (κ1) is 13.6. The number of carboxylic acid groups (broad SMARTS) is 1. The zero-order chi connectivity index (χ0) is 14.2. The highest BCUT2D eigenvalue weighted by Gasteiger charge is 2.65. The summed E-state index contributed by atoms with van der Waals surface area (Å²) in [4.78, 5) is 23.0. The monoisotopic (exact) mass is 265 g/mol. The van der Waals surface area contributed by atoms with Gasteiger partial charge >= 0.3 is 5.97 Å². The summed E-state index contributed by atoms with van der Waals surface area (Å²) in [7, 11) is 1.85. The van der Waals surface area contributed by atoms with Crippen LogP contribution in [0.15, 0.2) is 12.3 Å². The van der Waals surface area contributed by atoms with Gasteiger partial charge in [0.2, 0.25) is 5.91 Å². The van der Waals surface area contributed by atoms with Crippen molar-refractivity contribution in [3.8, 4) is 0 Å². The van der Waals surface area contributed by atoms with Crippen LogP contribution < -0.4 is 5.32 Å². The van der Waals surface area contributed by atoms with Crippen LogP contribution in [-0.4, -0.2) is 33.3 Å². The lowest BCUT2D eigenvalue weighted by atomic mass is 10.1. The molecule has 0 bridgehead atoms. The topological polar surface area (TPSA) is 84.2 Å². The molecule has 1 amide bonds. The van der Waals surface area contributed by atoms with Crippen molar-refractivity contribution < 1.29 is 14.7 Å². The van der Waals surface area contributed by atoms with E-state index in [4.69, 9.17) is 5.11 Å². The third kappa shape index (κ3) is 2.47. The van der Waals surface area contributed by atoms with Crippen LogP contribution in [0.5, 0.6) is 0 Å². The highest BCUT2D eigenvalue weighted by Crippen LogP contribution is 2.58. The lowest BCUT2D eigenvalue weighted by Crippen LogP contribution is -2.29. The molecule has 1 fully saturated rings. The quantitative estimate of drug-likeness (QED) is 0.809. The Morgan fingerprint density at radius 1 is 1.47 bits per heavy atom. The number of carbonyl (C=O) groups is 2. The van der Waals surface area contributed by atoms with E-state index in [1.54, 1.807) is 10.9 Å². The molecule has 6 heteroatoms. The van der Waals surface area contributed by atoms with Crippen LogP contribution in [0.25, 0.3) is 0 Å². The van der Waals surface area contributed by atoms with Crippen molar-refractivity contribution in [3.05, 3.63) is 18.0 Å². The van der Waals surface area contributed by atoms with Crippen LogP contribution in [0.4, 0.5) is 0 Å². The van der Waals surface area contributed by atoms with Gasteiger partial charge in [0.15, 0.2) is 0 Å². The fourth-order valence-electron chi connectivity index (χ4n) is 2.66. The molecule has 1 aromatic rings. The van der Waals surface area contributed by atoms with E-state index in [9.17, 15) is 9.59 Å². The number of nitrogens with zero attached hydrogens (tertiary/aromatic N) is 2. The summed E-state index contributed by atoms with van der Waals surface area (Å²) in [6.45, 7) is 4.13. The lowest BCUT2D eigenvalue weighted by Gasteiger charge is -2.06. The van der Waals surface area contributed by atoms with Gasteiger partial charge in [0.1, 0.15) is 0 Å². The maximum absolute atomic E-state index is 12.0. The Bertz CT molecular complexity index is 507. The predicted octanol–water partition coefficient (Wildman–Crippen LogP) is 0.436. The normalized spacial score (nSPS) is 23.9. The minimum atomic E-state index is -0.892. The minimum Gasteiger partial charge on any atom is -0.481 e. The van der Waals surface area contributed by atoms with Crippen molar-refractivity contribution in [1.82, 2.24) is 15.1 Å². The highest BCUT2D eigenvalue weighted by atomic mass is 16.4. The van der Waals surface area contributed by atoms with E-state index < -0.39 is 23.2 Å². The molecule has 0 aromatic carbocycles. The molecule has 1 aromatic heterocycles. The second-order valence-corrected chi connectivity index (χ2v) is 5.60. The molecule has 19 heavy (non-hydrogen) atoms. The molecular formula is C13H19N3O3. The Morgan fingerprint density at radius 2 is 2.16 bits per heavy atom. The van der Waals surface area contributed by atoms with Crippen LogP contribution in [0.3, 0.4) is 0 Å². The molecule has 0 saturated heterocycles. The van der Waals surface area contributed by atoms with E-state index in [0.717, 1.165) is 5.69 Å². The number of carbonyl (C=O) groups excluding carboxylic acids is 1. The fourth-order valence-corrected chi connectivity index (χ4v) is 2.66. The number of aliphatic carboxylic acids is 1. The van der Waals surface area contributed by atoms with Gasteiger partial charge in [-0.1, -0.05) is 13.8 Å². The summed E-state index contributed by atoms with van der Waals surface area (Å²) in [5.74, 6) is -2.04. The van der Waals surface area contributed by atoms with Crippen LogP contribution in [0, 0.1) is 17.3 Å². The molecule has 6 nitrogen and oxygen atoms in total. The molecule has 2 rings (SSSR count). The van der Waals surface area contributed by atoms with Crippen LogP contribution >= 0.6 is 0 Å². The van der Waals surface area contributed by atoms with Crippen LogP contribution in [-0.2, 0) is 23.1 Å². The number of aryl methyl sites for hydroxylation is 1. The standard InChI is InChI=1S/C13H19N3O3/c1-13(2)9(10(13)12(18)19)11(17)14-6-4-8-5-7-15-16(8)3/h5,7,9-10H,4,6H2,1-3H3,(H,14,17)(H,18,19)/t9-,10+/m1/s1. The van der Waals surface area contributed by atoms with Crippen molar-refractivity contribution in [2.24, 2.45) is 24.3 Å². The van der Waals surface area contributed by atoms with Crippen LogP contribution in [0.2, 0.25) is 0 Å². The summed E-state index contributed by atoms with van der Waals surface area (Å²) in [5.41, 5.74) is 0.591. The Kier molecular flexibility index (Phi) is 3.34. The lowest BCUT2D eigenvalue weighted by molar-refractivity contribution is -0.140. The summed E-state index contributed by atoms with van der Waals surface area (Å²) >= 11 is 0. The van der Waals surface area contributed by atoms with Crippen molar-refractivity contribution >= 4 is 11.9 Å². The molecule has 1 aliphatic carbocycles. The largest absolute Gasteiger partial charge is 0.481 e. The van der Waals surface area contributed by atoms with Crippen molar-refractivity contribution in [2.75, 3.05) is 6.54 Å². The van der Waals surface area contributed by atoms with Gasteiger partial charge in [-0.3, -0.25) is 14.3 Å². The zero-order valence-electron chi connectivity index (χ0n) is 11.4. The van der Waals surface area contributed by atoms with Gasteiger partial charge in [0.25, 0.3) is 0 Å².